The van der Waals surface area contributed by atoms with E-state index in [0.29, 0.717) is 6.10 Å². The van der Waals surface area contributed by atoms with Gasteiger partial charge in [-0.25, -0.2) is 0 Å². The predicted molar refractivity (Wildman–Crippen MR) is 226 cm³/mol. The lowest BCUT2D eigenvalue weighted by Gasteiger charge is -2.34. The highest BCUT2D eigenvalue weighted by molar-refractivity contribution is 4.92. The van der Waals surface area contributed by atoms with Crippen molar-refractivity contribution < 1.29 is 9.47 Å². The summed E-state index contributed by atoms with van der Waals surface area (Å²) in [5, 5.41) is 0. The average molecular weight is 712 g/mol. The molecule has 0 amide bonds. The molecular formula is C48H89NO2. The van der Waals surface area contributed by atoms with E-state index in [2.05, 4.69) is 69.3 Å². The van der Waals surface area contributed by atoms with E-state index >= 15 is 0 Å². The van der Waals surface area contributed by atoms with E-state index in [9.17, 15) is 0 Å². The van der Waals surface area contributed by atoms with Crippen molar-refractivity contribution in [2.45, 2.75) is 244 Å². The topological polar surface area (TPSA) is 21.7 Å². The van der Waals surface area contributed by atoms with Crippen molar-refractivity contribution >= 4 is 0 Å². The molecule has 0 aromatic rings. The third-order valence-corrected chi connectivity index (χ3v) is 11.8. The SMILES string of the molecule is CCCCC/C=C\C/C=C\CCCCCCCCC1(CCCCCCCC/C=C\CCCCCCCC)OCC(CC2CCCC(N(C)C)C2)O1. The molecule has 0 N–H and O–H groups in total. The van der Waals surface area contributed by atoms with Crippen LogP contribution in [0.15, 0.2) is 36.5 Å². The lowest BCUT2D eigenvalue weighted by molar-refractivity contribution is -0.181. The smallest absolute Gasteiger partial charge is 0.168 e. The second kappa shape index (κ2) is 32.5. The normalized spacial score (nSPS) is 22.9. The molecule has 1 saturated heterocycles. The third kappa shape index (κ3) is 24.9. The van der Waals surface area contributed by atoms with Crippen LogP contribution in [0.4, 0.5) is 0 Å². The van der Waals surface area contributed by atoms with Crippen LogP contribution >= 0.6 is 0 Å². The van der Waals surface area contributed by atoms with Crippen LogP contribution < -0.4 is 0 Å². The standard InChI is InChI=1S/C48H89NO2/c1-5-7-9-11-13-15-17-19-21-23-25-27-29-31-33-35-40-48(50-44-47(51-48)43-45-38-37-39-46(42-45)49(3)4)41-36-34-32-30-28-26-24-22-20-18-16-14-12-10-8-6-2/h13,15,19-22,45-47H,5-12,14,16-18,23-44H2,1-4H3/b15-13-,21-19-,22-20-. The predicted octanol–water partition coefficient (Wildman–Crippen LogP) is 15.2. The Morgan fingerprint density at radius 3 is 1.53 bits per heavy atom. The molecule has 298 valence electrons. The first-order chi connectivity index (χ1) is 25.1. The molecule has 0 aromatic heterocycles. The van der Waals surface area contributed by atoms with E-state index in [-0.39, 0.29) is 5.79 Å². The Morgan fingerprint density at radius 1 is 0.549 bits per heavy atom. The summed E-state index contributed by atoms with van der Waals surface area (Å²) in [4.78, 5) is 2.45. The summed E-state index contributed by atoms with van der Waals surface area (Å²) >= 11 is 0. The summed E-state index contributed by atoms with van der Waals surface area (Å²) in [6.45, 7) is 5.39. The van der Waals surface area contributed by atoms with Crippen molar-refractivity contribution in [2.24, 2.45) is 5.92 Å². The molecule has 0 bridgehead atoms. The summed E-state index contributed by atoms with van der Waals surface area (Å²) < 4.78 is 13.6. The molecule has 51 heavy (non-hydrogen) atoms. The van der Waals surface area contributed by atoms with Crippen LogP contribution in [0.3, 0.4) is 0 Å². The van der Waals surface area contributed by atoms with Gasteiger partial charge in [-0.05, 0) is 110 Å². The number of ether oxygens (including phenoxy) is 2. The highest BCUT2D eigenvalue weighted by Gasteiger charge is 2.41. The molecule has 1 aliphatic heterocycles. The first kappa shape index (κ1) is 46.3. The van der Waals surface area contributed by atoms with Gasteiger partial charge in [0, 0.05) is 18.9 Å². The van der Waals surface area contributed by atoms with Crippen LogP contribution in [0, 0.1) is 5.92 Å². The molecule has 2 aliphatic rings. The van der Waals surface area contributed by atoms with Crippen molar-refractivity contribution in [1.29, 1.82) is 0 Å². The molecule has 3 nitrogen and oxygen atoms in total. The fourth-order valence-corrected chi connectivity index (χ4v) is 8.46. The van der Waals surface area contributed by atoms with E-state index in [1.54, 1.807) is 0 Å². The third-order valence-electron chi connectivity index (χ3n) is 11.8. The Balaban J connectivity index is 1.61. The molecule has 1 aliphatic carbocycles. The highest BCUT2D eigenvalue weighted by Crippen LogP contribution is 2.39. The highest BCUT2D eigenvalue weighted by atomic mass is 16.7. The zero-order valence-electron chi connectivity index (χ0n) is 35.0. The van der Waals surface area contributed by atoms with Crippen LogP contribution in [-0.4, -0.2) is 43.5 Å². The van der Waals surface area contributed by atoms with Crippen molar-refractivity contribution in [3.63, 3.8) is 0 Å². The number of nitrogens with zero attached hydrogens (tertiary/aromatic N) is 1. The zero-order chi connectivity index (χ0) is 36.5. The fraction of sp³-hybridized carbons (Fsp3) is 0.875. The quantitative estimate of drug-likeness (QED) is 0.0490. The number of allylic oxidation sites excluding steroid dienone is 6. The first-order valence-corrected chi connectivity index (χ1v) is 23.0. The molecule has 2 fully saturated rings. The zero-order valence-corrected chi connectivity index (χ0v) is 35.0. The summed E-state index contributed by atoms with van der Waals surface area (Å²) in [7, 11) is 4.52. The average Bonchev–Trinajstić information content (AvgIpc) is 3.53. The monoisotopic (exact) mass is 712 g/mol. The molecular weight excluding hydrogens is 623 g/mol. The maximum absolute atomic E-state index is 6.94. The van der Waals surface area contributed by atoms with Gasteiger partial charge in [-0.1, -0.05) is 159 Å². The maximum atomic E-state index is 6.94. The number of unbranched alkanes of at least 4 members (excludes halogenated alkanes) is 21. The minimum Gasteiger partial charge on any atom is -0.347 e. The lowest BCUT2D eigenvalue weighted by Crippen LogP contribution is -2.35. The van der Waals surface area contributed by atoms with Gasteiger partial charge in [0.25, 0.3) is 0 Å². The number of hydrogen-bond acceptors (Lipinski definition) is 3. The lowest BCUT2D eigenvalue weighted by atomic mass is 9.82. The Morgan fingerprint density at radius 2 is 1.00 bits per heavy atom. The molecule has 0 radical (unpaired) electrons. The summed E-state index contributed by atoms with van der Waals surface area (Å²) in [6.07, 6.45) is 58.1. The molecule has 3 heteroatoms. The fourth-order valence-electron chi connectivity index (χ4n) is 8.46. The summed E-state index contributed by atoms with van der Waals surface area (Å²) in [5.74, 6) is 0.485. The molecule has 1 heterocycles. The van der Waals surface area contributed by atoms with Crippen molar-refractivity contribution in [2.75, 3.05) is 20.7 Å². The van der Waals surface area contributed by atoms with E-state index in [0.717, 1.165) is 37.8 Å². The van der Waals surface area contributed by atoms with E-state index in [4.69, 9.17) is 9.47 Å². The Hall–Kier alpha value is -0.900. The molecule has 4 unspecified atom stereocenters. The molecule has 4 atom stereocenters. The Labute approximate surface area is 320 Å². The van der Waals surface area contributed by atoms with Gasteiger partial charge in [0.1, 0.15) is 0 Å². The van der Waals surface area contributed by atoms with Crippen LogP contribution in [0.25, 0.3) is 0 Å². The molecule has 0 spiro atoms. The van der Waals surface area contributed by atoms with Crippen molar-refractivity contribution in [3.05, 3.63) is 36.5 Å². The van der Waals surface area contributed by atoms with Crippen LogP contribution in [0.2, 0.25) is 0 Å². The Kier molecular flexibility index (Phi) is 29.5. The first-order valence-electron chi connectivity index (χ1n) is 23.0. The Bertz CT molecular complexity index is 848. The largest absolute Gasteiger partial charge is 0.347 e. The minimum atomic E-state index is -0.309. The van der Waals surface area contributed by atoms with Gasteiger partial charge in [0.15, 0.2) is 5.79 Å². The van der Waals surface area contributed by atoms with Gasteiger partial charge in [0.05, 0.1) is 12.7 Å². The number of rotatable bonds is 34. The van der Waals surface area contributed by atoms with Gasteiger partial charge >= 0.3 is 0 Å². The molecule has 0 aromatic carbocycles. The summed E-state index contributed by atoms with van der Waals surface area (Å²) in [5.41, 5.74) is 0. The van der Waals surface area contributed by atoms with Gasteiger partial charge in [-0.3, -0.25) is 0 Å². The minimum absolute atomic E-state index is 0.301. The van der Waals surface area contributed by atoms with Crippen molar-refractivity contribution in [3.8, 4) is 0 Å². The van der Waals surface area contributed by atoms with Crippen LogP contribution in [0.5, 0.6) is 0 Å². The van der Waals surface area contributed by atoms with Gasteiger partial charge in [0.2, 0.25) is 0 Å². The maximum Gasteiger partial charge on any atom is 0.168 e. The van der Waals surface area contributed by atoms with Gasteiger partial charge in [-0.15, -0.1) is 0 Å². The van der Waals surface area contributed by atoms with Crippen LogP contribution in [-0.2, 0) is 9.47 Å². The summed E-state index contributed by atoms with van der Waals surface area (Å²) in [6, 6.07) is 0.746. The van der Waals surface area contributed by atoms with Crippen LogP contribution in [0.1, 0.15) is 226 Å². The molecule has 1 saturated carbocycles. The second-order valence-corrected chi connectivity index (χ2v) is 16.9. The van der Waals surface area contributed by atoms with Gasteiger partial charge < -0.3 is 14.4 Å². The van der Waals surface area contributed by atoms with Gasteiger partial charge in [-0.2, -0.15) is 0 Å². The van der Waals surface area contributed by atoms with E-state index < -0.39 is 0 Å². The molecule has 2 rings (SSSR count). The van der Waals surface area contributed by atoms with E-state index in [1.165, 1.54) is 193 Å². The number of hydrogen-bond donors (Lipinski definition) is 0. The van der Waals surface area contributed by atoms with Crippen molar-refractivity contribution in [1.82, 2.24) is 4.90 Å². The van der Waals surface area contributed by atoms with E-state index in [1.807, 2.05) is 0 Å². The second-order valence-electron chi connectivity index (χ2n) is 16.9.